The Bertz CT molecular complexity index is 318. The molecule has 82 valence electrons. The largest absolute Gasteiger partial charge is 0.491 e. The molecule has 0 aliphatic heterocycles. The Labute approximate surface area is 91.6 Å². The van der Waals surface area contributed by atoms with Gasteiger partial charge in [-0.3, -0.25) is 0 Å². The van der Waals surface area contributed by atoms with Crippen LogP contribution in [0.2, 0.25) is 0 Å². The van der Waals surface area contributed by atoms with Crippen LogP contribution in [-0.2, 0) is 0 Å². The first-order valence-electron chi connectivity index (χ1n) is 5.74. The summed E-state index contributed by atoms with van der Waals surface area (Å²) >= 11 is 0. The minimum Gasteiger partial charge on any atom is -0.491 e. The molecular formula is C13H19NO. The summed E-state index contributed by atoms with van der Waals surface area (Å²) < 4.78 is 5.64. The Morgan fingerprint density at radius 3 is 2.87 bits per heavy atom. The Morgan fingerprint density at radius 2 is 2.20 bits per heavy atom. The van der Waals surface area contributed by atoms with E-state index < -0.39 is 0 Å². The Hall–Kier alpha value is -1.18. The van der Waals surface area contributed by atoms with Gasteiger partial charge in [-0.2, -0.15) is 0 Å². The maximum atomic E-state index is 5.64. The molecule has 1 N–H and O–H groups in total. The lowest BCUT2D eigenvalue weighted by atomic mass is 10.3. The lowest BCUT2D eigenvalue weighted by Crippen LogP contribution is -2.07. The van der Waals surface area contributed by atoms with Crippen molar-refractivity contribution in [3.8, 4) is 5.75 Å². The second-order valence-electron chi connectivity index (χ2n) is 4.52. The summed E-state index contributed by atoms with van der Waals surface area (Å²) in [6.07, 6.45) is 3.01. The molecule has 0 spiro atoms. The van der Waals surface area contributed by atoms with Gasteiger partial charge in [-0.1, -0.05) is 6.07 Å². The van der Waals surface area contributed by atoms with E-state index >= 15 is 0 Å². The van der Waals surface area contributed by atoms with Gasteiger partial charge < -0.3 is 10.1 Å². The van der Waals surface area contributed by atoms with E-state index in [0.717, 1.165) is 18.2 Å². The van der Waals surface area contributed by atoms with Crippen molar-refractivity contribution in [1.29, 1.82) is 0 Å². The number of hydrogen-bond donors (Lipinski definition) is 1. The van der Waals surface area contributed by atoms with Gasteiger partial charge in [0.25, 0.3) is 0 Å². The highest BCUT2D eigenvalue weighted by atomic mass is 16.5. The lowest BCUT2D eigenvalue weighted by molar-refractivity contribution is 0.242. The van der Waals surface area contributed by atoms with E-state index in [0.29, 0.717) is 0 Å². The molecule has 1 saturated carbocycles. The number of anilines is 1. The second kappa shape index (κ2) is 4.56. The molecule has 0 amide bonds. The van der Waals surface area contributed by atoms with Gasteiger partial charge in [0.05, 0.1) is 6.10 Å². The van der Waals surface area contributed by atoms with Gasteiger partial charge in [0, 0.05) is 18.3 Å². The average Bonchev–Trinajstić information content (AvgIpc) is 2.97. The molecule has 2 nitrogen and oxygen atoms in total. The first-order valence-corrected chi connectivity index (χ1v) is 5.74. The summed E-state index contributed by atoms with van der Waals surface area (Å²) in [6, 6.07) is 8.20. The van der Waals surface area contributed by atoms with Crippen LogP contribution in [0.25, 0.3) is 0 Å². The van der Waals surface area contributed by atoms with Crippen LogP contribution in [0, 0.1) is 5.92 Å². The molecule has 0 atom stereocenters. The number of hydrogen-bond acceptors (Lipinski definition) is 2. The predicted octanol–water partition coefficient (Wildman–Crippen LogP) is 3.30. The van der Waals surface area contributed by atoms with Gasteiger partial charge in [-0.25, -0.2) is 0 Å². The molecule has 0 bridgehead atoms. The summed E-state index contributed by atoms with van der Waals surface area (Å²) in [7, 11) is 0. The third kappa shape index (κ3) is 3.46. The van der Waals surface area contributed by atoms with E-state index in [1.807, 2.05) is 26.0 Å². The fraction of sp³-hybridized carbons (Fsp3) is 0.538. The van der Waals surface area contributed by atoms with Gasteiger partial charge in [0.15, 0.2) is 0 Å². The Morgan fingerprint density at radius 1 is 1.40 bits per heavy atom. The van der Waals surface area contributed by atoms with Crippen LogP contribution in [0.4, 0.5) is 5.69 Å². The van der Waals surface area contributed by atoms with E-state index in [1.54, 1.807) is 0 Å². The molecule has 1 aromatic rings. The van der Waals surface area contributed by atoms with Crippen molar-refractivity contribution >= 4 is 5.69 Å². The third-order valence-corrected chi connectivity index (χ3v) is 2.50. The van der Waals surface area contributed by atoms with Crippen LogP contribution >= 0.6 is 0 Å². The number of benzene rings is 1. The maximum absolute atomic E-state index is 5.64. The predicted molar refractivity (Wildman–Crippen MR) is 63.4 cm³/mol. The lowest BCUT2D eigenvalue weighted by Gasteiger charge is -2.11. The van der Waals surface area contributed by atoms with Crippen LogP contribution < -0.4 is 10.1 Å². The van der Waals surface area contributed by atoms with Crippen molar-refractivity contribution in [3.05, 3.63) is 24.3 Å². The summed E-state index contributed by atoms with van der Waals surface area (Å²) in [6.45, 7) is 5.19. The van der Waals surface area contributed by atoms with E-state index in [1.165, 1.54) is 18.5 Å². The van der Waals surface area contributed by atoms with Crippen molar-refractivity contribution in [2.45, 2.75) is 32.8 Å². The smallest absolute Gasteiger partial charge is 0.121 e. The SMILES string of the molecule is CC(C)Oc1cccc(NCC2CC2)c1. The van der Waals surface area contributed by atoms with Crippen LogP contribution in [0.3, 0.4) is 0 Å². The molecule has 15 heavy (non-hydrogen) atoms. The normalized spacial score (nSPS) is 15.4. The summed E-state index contributed by atoms with van der Waals surface area (Å²) in [4.78, 5) is 0. The fourth-order valence-corrected chi connectivity index (χ4v) is 1.54. The second-order valence-corrected chi connectivity index (χ2v) is 4.52. The summed E-state index contributed by atoms with van der Waals surface area (Å²) in [5.41, 5.74) is 1.17. The molecule has 0 aromatic heterocycles. The molecule has 2 rings (SSSR count). The molecule has 1 aliphatic rings. The molecule has 0 unspecified atom stereocenters. The minimum atomic E-state index is 0.240. The molecule has 0 heterocycles. The molecule has 1 fully saturated rings. The van der Waals surface area contributed by atoms with Crippen molar-refractivity contribution in [3.63, 3.8) is 0 Å². The van der Waals surface area contributed by atoms with Gasteiger partial charge in [0.2, 0.25) is 0 Å². The molecule has 2 heteroatoms. The van der Waals surface area contributed by atoms with Crippen molar-refractivity contribution in [2.75, 3.05) is 11.9 Å². The van der Waals surface area contributed by atoms with Gasteiger partial charge in [-0.15, -0.1) is 0 Å². The van der Waals surface area contributed by atoms with Crippen molar-refractivity contribution < 1.29 is 4.74 Å². The first-order chi connectivity index (χ1) is 7.24. The highest BCUT2D eigenvalue weighted by Crippen LogP contribution is 2.29. The van der Waals surface area contributed by atoms with E-state index in [-0.39, 0.29) is 6.10 Å². The molecule has 1 aliphatic carbocycles. The number of nitrogens with one attached hydrogen (secondary N) is 1. The average molecular weight is 205 g/mol. The van der Waals surface area contributed by atoms with Gasteiger partial charge in [0.1, 0.15) is 5.75 Å². The monoisotopic (exact) mass is 205 g/mol. The van der Waals surface area contributed by atoms with E-state index in [9.17, 15) is 0 Å². The van der Waals surface area contributed by atoms with Gasteiger partial charge >= 0.3 is 0 Å². The maximum Gasteiger partial charge on any atom is 0.121 e. The molecule has 0 radical (unpaired) electrons. The van der Waals surface area contributed by atoms with E-state index in [2.05, 4.69) is 17.4 Å². The van der Waals surface area contributed by atoms with Crippen molar-refractivity contribution in [2.24, 2.45) is 5.92 Å². The zero-order valence-corrected chi connectivity index (χ0v) is 9.49. The number of ether oxygens (including phenoxy) is 1. The summed E-state index contributed by atoms with van der Waals surface area (Å²) in [5.74, 6) is 1.85. The van der Waals surface area contributed by atoms with Crippen LogP contribution in [0.5, 0.6) is 5.75 Å². The standard InChI is InChI=1S/C13H19NO/c1-10(2)15-13-5-3-4-12(8-13)14-9-11-6-7-11/h3-5,8,10-11,14H,6-7,9H2,1-2H3. The van der Waals surface area contributed by atoms with Crippen LogP contribution in [-0.4, -0.2) is 12.6 Å². The Balaban J connectivity index is 1.91. The van der Waals surface area contributed by atoms with Gasteiger partial charge in [-0.05, 0) is 44.7 Å². The number of rotatable bonds is 5. The fourth-order valence-electron chi connectivity index (χ4n) is 1.54. The zero-order chi connectivity index (χ0) is 10.7. The highest BCUT2D eigenvalue weighted by molar-refractivity contribution is 5.48. The quantitative estimate of drug-likeness (QED) is 0.796. The zero-order valence-electron chi connectivity index (χ0n) is 9.49. The Kier molecular flexibility index (Phi) is 3.14. The summed E-state index contributed by atoms with van der Waals surface area (Å²) in [5, 5.41) is 3.44. The highest BCUT2D eigenvalue weighted by Gasteiger charge is 2.20. The van der Waals surface area contributed by atoms with E-state index in [4.69, 9.17) is 4.74 Å². The molecule has 1 aromatic carbocycles. The van der Waals surface area contributed by atoms with Crippen LogP contribution in [0.15, 0.2) is 24.3 Å². The minimum absolute atomic E-state index is 0.240. The third-order valence-electron chi connectivity index (χ3n) is 2.50. The van der Waals surface area contributed by atoms with Crippen LogP contribution in [0.1, 0.15) is 26.7 Å². The molecular weight excluding hydrogens is 186 g/mol. The molecule has 0 saturated heterocycles. The first kappa shape index (κ1) is 10.3. The topological polar surface area (TPSA) is 21.3 Å². The van der Waals surface area contributed by atoms with Crippen molar-refractivity contribution in [1.82, 2.24) is 0 Å².